The Morgan fingerprint density at radius 3 is 1.73 bits per heavy atom. The first kappa shape index (κ1) is 31.2. The van der Waals surface area contributed by atoms with Crippen LogP contribution in [0.15, 0.2) is 35.2 Å². The summed E-state index contributed by atoms with van der Waals surface area (Å²) in [4.78, 5) is 0.0412. The minimum atomic E-state index is -4.53. The molecule has 0 saturated heterocycles. The van der Waals surface area contributed by atoms with Gasteiger partial charge in [-0.1, -0.05) is 121 Å². The number of hydrogen-bond acceptors (Lipinski definition) is 3. The predicted octanol–water partition coefficient (Wildman–Crippen LogP) is 7.95. The molecule has 2 aromatic carbocycles. The van der Waals surface area contributed by atoms with Crippen LogP contribution in [-0.4, -0.2) is 61.9 Å². The van der Waals surface area contributed by atoms with Crippen LogP contribution in [0.25, 0.3) is 10.8 Å². The molecule has 3 nitrogen and oxygen atoms in total. The molecule has 0 spiro atoms. The van der Waals surface area contributed by atoms with Crippen molar-refractivity contribution in [3.63, 3.8) is 0 Å². The first-order valence-electron chi connectivity index (χ1n) is 13.0. The molecular formula is C28H43BaO3S+. The first-order chi connectivity index (χ1) is 15.5. The molecule has 0 radical (unpaired) electrons. The number of benzene rings is 2. The fourth-order valence-corrected chi connectivity index (χ4v) is 5.72. The Morgan fingerprint density at radius 2 is 1.18 bits per heavy atom. The number of aryl methyl sites for hydroxylation is 1. The van der Waals surface area contributed by atoms with Crippen LogP contribution in [-0.2, 0) is 23.0 Å². The molecule has 0 aliphatic carbocycles. The zero-order valence-corrected chi connectivity index (χ0v) is 26.3. The standard InChI is InChI=1S/C28H44O3S.Ba/c1-3-5-7-9-11-13-15-19-24-23-25-20-17-18-22-27(25)28(32(29,30)31)26(24)21-16-14-12-10-8-6-4-2;/h17-18,20,22-23H,3-16,19,21H2,1-2H3,(H,29,30,31);/q;+2/p-1. The number of rotatable bonds is 17. The van der Waals surface area contributed by atoms with E-state index < -0.39 is 10.1 Å². The Balaban J connectivity index is 0.00000544. The van der Waals surface area contributed by atoms with Crippen molar-refractivity contribution in [1.82, 2.24) is 0 Å². The Kier molecular flexibility index (Phi) is 16.6. The van der Waals surface area contributed by atoms with Gasteiger partial charge in [0.15, 0.2) is 0 Å². The van der Waals surface area contributed by atoms with E-state index in [-0.39, 0.29) is 53.8 Å². The zero-order valence-electron chi connectivity index (χ0n) is 21.0. The van der Waals surface area contributed by atoms with Crippen LogP contribution < -0.4 is 0 Å². The fourth-order valence-electron chi connectivity index (χ4n) is 4.73. The van der Waals surface area contributed by atoms with Gasteiger partial charge in [-0.25, -0.2) is 8.42 Å². The van der Waals surface area contributed by atoms with Gasteiger partial charge in [0.2, 0.25) is 0 Å². The minimum absolute atomic E-state index is 0. The van der Waals surface area contributed by atoms with E-state index >= 15 is 0 Å². The van der Waals surface area contributed by atoms with E-state index in [9.17, 15) is 13.0 Å². The molecule has 0 aliphatic heterocycles. The molecule has 0 atom stereocenters. The van der Waals surface area contributed by atoms with E-state index in [2.05, 4.69) is 19.9 Å². The van der Waals surface area contributed by atoms with Crippen LogP contribution in [0.4, 0.5) is 0 Å². The van der Waals surface area contributed by atoms with Gasteiger partial charge in [0.05, 0.1) is 4.90 Å². The average molecular weight is 597 g/mol. The van der Waals surface area contributed by atoms with Crippen molar-refractivity contribution in [2.45, 2.75) is 121 Å². The summed E-state index contributed by atoms with van der Waals surface area (Å²) in [5.74, 6) is 0. The maximum absolute atomic E-state index is 12.3. The maximum Gasteiger partial charge on any atom is 2.00 e. The van der Waals surface area contributed by atoms with Gasteiger partial charge < -0.3 is 4.55 Å². The van der Waals surface area contributed by atoms with E-state index in [4.69, 9.17) is 0 Å². The van der Waals surface area contributed by atoms with Crippen LogP contribution in [0.5, 0.6) is 0 Å². The van der Waals surface area contributed by atoms with Crippen molar-refractivity contribution < 1.29 is 13.0 Å². The number of unbranched alkanes of at least 4 members (excludes halogenated alkanes) is 12. The third-order valence-electron chi connectivity index (χ3n) is 6.53. The van der Waals surface area contributed by atoms with Gasteiger partial charge in [0.1, 0.15) is 10.1 Å². The summed E-state index contributed by atoms with van der Waals surface area (Å²) in [6, 6.07) is 9.58. The third-order valence-corrected chi connectivity index (χ3v) is 7.49. The van der Waals surface area contributed by atoms with Crippen LogP contribution in [0, 0.1) is 0 Å². The maximum atomic E-state index is 12.3. The summed E-state index contributed by atoms with van der Waals surface area (Å²) in [5.41, 5.74) is 1.86. The van der Waals surface area contributed by atoms with E-state index in [1.165, 1.54) is 64.2 Å². The summed E-state index contributed by atoms with van der Waals surface area (Å²) < 4.78 is 37.0. The molecule has 2 aromatic rings. The molecule has 180 valence electrons. The van der Waals surface area contributed by atoms with Crippen LogP contribution in [0.3, 0.4) is 0 Å². The molecule has 0 N–H and O–H groups in total. The summed E-state index contributed by atoms with van der Waals surface area (Å²) in [6.45, 7) is 4.45. The van der Waals surface area contributed by atoms with Crippen LogP contribution in [0.2, 0.25) is 0 Å². The van der Waals surface area contributed by atoms with Gasteiger partial charge in [-0.2, -0.15) is 0 Å². The van der Waals surface area contributed by atoms with Gasteiger partial charge >= 0.3 is 48.9 Å². The molecule has 2 rings (SSSR count). The Labute approximate surface area is 243 Å². The van der Waals surface area contributed by atoms with E-state index in [1.54, 1.807) is 6.07 Å². The van der Waals surface area contributed by atoms with Crippen LogP contribution in [0.1, 0.15) is 115 Å². The van der Waals surface area contributed by atoms with Crippen molar-refractivity contribution in [3.05, 3.63) is 41.5 Å². The van der Waals surface area contributed by atoms with Crippen molar-refractivity contribution in [2.24, 2.45) is 0 Å². The van der Waals surface area contributed by atoms with Crippen LogP contribution >= 0.6 is 0 Å². The smallest absolute Gasteiger partial charge is 0.744 e. The molecule has 0 unspecified atom stereocenters. The number of hydrogen-bond donors (Lipinski definition) is 0. The summed E-state index contributed by atoms with van der Waals surface area (Å²) in [7, 11) is -4.53. The van der Waals surface area contributed by atoms with Crippen molar-refractivity contribution >= 4 is 69.8 Å². The first-order valence-corrected chi connectivity index (χ1v) is 14.4. The predicted molar refractivity (Wildman–Crippen MR) is 141 cm³/mol. The quantitative estimate of drug-likeness (QED) is 0.106. The minimum Gasteiger partial charge on any atom is -0.744 e. The van der Waals surface area contributed by atoms with Crippen molar-refractivity contribution in [1.29, 1.82) is 0 Å². The molecule has 0 aliphatic rings. The van der Waals surface area contributed by atoms with Gasteiger partial charge in [-0.3, -0.25) is 0 Å². The average Bonchev–Trinajstić information content (AvgIpc) is 2.76. The normalized spacial score (nSPS) is 11.6. The second-order valence-electron chi connectivity index (χ2n) is 9.26. The molecule has 0 amide bonds. The zero-order chi connectivity index (χ0) is 23.2. The Hall–Kier alpha value is 0.181. The molecule has 0 bridgehead atoms. The van der Waals surface area contributed by atoms with Crippen molar-refractivity contribution in [3.8, 4) is 0 Å². The second-order valence-corrected chi connectivity index (χ2v) is 10.6. The van der Waals surface area contributed by atoms with E-state index in [0.717, 1.165) is 48.6 Å². The largest absolute Gasteiger partial charge is 2.00 e. The molecule has 0 fully saturated rings. The van der Waals surface area contributed by atoms with Crippen molar-refractivity contribution in [2.75, 3.05) is 0 Å². The third kappa shape index (κ3) is 11.2. The Morgan fingerprint density at radius 1 is 0.697 bits per heavy atom. The van der Waals surface area contributed by atoms with Gasteiger partial charge in [-0.15, -0.1) is 0 Å². The topological polar surface area (TPSA) is 57.2 Å². The second kappa shape index (κ2) is 17.6. The monoisotopic (exact) mass is 597 g/mol. The SMILES string of the molecule is CCCCCCCCCc1cc2ccccc2c(S(=O)(=O)[O-])c1CCCCCCCCC.[Ba+2]. The summed E-state index contributed by atoms with van der Waals surface area (Å²) >= 11 is 0. The summed E-state index contributed by atoms with van der Waals surface area (Å²) in [5, 5.41) is 1.45. The van der Waals surface area contributed by atoms with Gasteiger partial charge in [0, 0.05) is 0 Å². The van der Waals surface area contributed by atoms with Gasteiger partial charge in [0.25, 0.3) is 0 Å². The fraction of sp³-hybridized carbons (Fsp3) is 0.643. The van der Waals surface area contributed by atoms with E-state index in [1.807, 2.05) is 18.2 Å². The molecular weight excluding hydrogens is 554 g/mol. The van der Waals surface area contributed by atoms with Gasteiger partial charge in [-0.05, 0) is 47.6 Å². The Bertz CT molecular complexity index is 909. The molecule has 0 saturated carbocycles. The molecule has 0 aromatic heterocycles. The molecule has 0 heterocycles. The molecule has 33 heavy (non-hydrogen) atoms. The van der Waals surface area contributed by atoms with E-state index in [0.29, 0.717) is 11.8 Å². The summed E-state index contributed by atoms with van der Waals surface area (Å²) in [6.07, 6.45) is 18.4. The molecule has 5 heteroatoms. The number of fused-ring (bicyclic) bond motifs is 1.